The number of methoxy groups -OCH3 is 2. The first-order chi connectivity index (χ1) is 12.2. The van der Waals surface area contributed by atoms with Gasteiger partial charge in [-0.3, -0.25) is 9.52 Å². The first kappa shape index (κ1) is 19.5. The number of esters is 1. The molecule has 0 spiro atoms. The Morgan fingerprint density at radius 3 is 2.31 bits per heavy atom. The van der Waals surface area contributed by atoms with Crippen molar-refractivity contribution < 1.29 is 27.5 Å². The predicted octanol–water partition coefficient (Wildman–Crippen LogP) is 2.03. The third-order valence-electron chi connectivity index (χ3n) is 3.37. The Morgan fingerprint density at radius 1 is 1.08 bits per heavy atom. The van der Waals surface area contributed by atoms with Crippen molar-refractivity contribution in [2.24, 2.45) is 5.73 Å². The van der Waals surface area contributed by atoms with E-state index in [4.69, 9.17) is 22.1 Å². The van der Waals surface area contributed by atoms with Crippen molar-refractivity contribution in [3.05, 3.63) is 52.5 Å². The van der Waals surface area contributed by atoms with Crippen LogP contribution >= 0.6 is 11.6 Å². The fraction of sp³-hybridized carbons (Fsp3) is 0.125. The first-order valence-corrected chi connectivity index (χ1v) is 8.94. The molecule has 10 heteroatoms. The minimum Gasteiger partial charge on any atom is -0.495 e. The molecule has 0 aliphatic heterocycles. The molecule has 0 aromatic heterocycles. The Hall–Kier alpha value is -2.78. The molecule has 2 aromatic rings. The van der Waals surface area contributed by atoms with E-state index in [-0.39, 0.29) is 32.5 Å². The van der Waals surface area contributed by atoms with E-state index in [1.54, 1.807) is 0 Å². The van der Waals surface area contributed by atoms with Crippen molar-refractivity contribution in [3.63, 3.8) is 0 Å². The number of benzene rings is 2. The number of nitrogens with two attached hydrogens (primary N) is 1. The molecule has 2 rings (SSSR count). The molecule has 26 heavy (non-hydrogen) atoms. The maximum absolute atomic E-state index is 12.7. The van der Waals surface area contributed by atoms with Gasteiger partial charge in [-0.2, -0.15) is 0 Å². The molecule has 3 N–H and O–H groups in total. The second-order valence-electron chi connectivity index (χ2n) is 5.02. The molecule has 8 nitrogen and oxygen atoms in total. The minimum atomic E-state index is -4.21. The summed E-state index contributed by atoms with van der Waals surface area (Å²) in [6.07, 6.45) is 0. The largest absolute Gasteiger partial charge is 0.495 e. The lowest BCUT2D eigenvalue weighted by molar-refractivity contribution is 0.0600. The number of hydrogen-bond acceptors (Lipinski definition) is 6. The van der Waals surface area contributed by atoms with Gasteiger partial charge in [0, 0.05) is 5.56 Å². The molecule has 0 heterocycles. The van der Waals surface area contributed by atoms with Gasteiger partial charge in [0.25, 0.3) is 10.0 Å². The molecular weight excluding hydrogens is 384 g/mol. The summed E-state index contributed by atoms with van der Waals surface area (Å²) < 4.78 is 37.4. The van der Waals surface area contributed by atoms with Crippen LogP contribution in [-0.2, 0) is 14.8 Å². The summed E-state index contributed by atoms with van der Waals surface area (Å²) in [4.78, 5) is 22.6. The fourth-order valence-electron chi connectivity index (χ4n) is 2.09. The van der Waals surface area contributed by atoms with Gasteiger partial charge in [0.15, 0.2) is 0 Å². The SMILES string of the molecule is COC(=O)c1ccc(Cl)c(S(=O)(=O)Nc2cc(C(N)=O)ccc2OC)c1. The van der Waals surface area contributed by atoms with E-state index in [0.29, 0.717) is 0 Å². The van der Waals surface area contributed by atoms with Crippen molar-refractivity contribution in [2.45, 2.75) is 4.90 Å². The Morgan fingerprint density at radius 2 is 1.73 bits per heavy atom. The van der Waals surface area contributed by atoms with E-state index in [0.717, 1.165) is 6.07 Å². The molecule has 0 fully saturated rings. The lowest BCUT2D eigenvalue weighted by Crippen LogP contribution is -2.17. The van der Waals surface area contributed by atoms with Crippen LogP contribution in [0, 0.1) is 0 Å². The van der Waals surface area contributed by atoms with E-state index in [2.05, 4.69) is 9.46 Å². The van der Waals surface area contributed by atoms with E-state index < -0.39 is 21.9 Å². The van der Waals surface area contributed by atoms with Gasteiger partial charge in [-0.25, -0.2) is 13.2 Å². The highest BCUT2D eigenvalue weighted by Gasteiger charge is 2.22. The summed E-state index contributed by atoms with van der Waals surface area (Å²) in [6.45, 7) is 0. The number of carbonyl (C=O) groups excluding carboxylic acids is 2. The van der Waals surface area contributed by atoms with Crippen molar-refractivity contribution in [1.82, 2.24) is 0 Å². The van der Waals surface area contributed by atoms with Crippen LogP contribution in [0.5, 0.6) is 5.75 Å². The molecular formula is C16H15ClN2O6S. The number of rotatable bonds is 6. The summed E-state index contributed by atoms with van der Waals surface area (Å²) in [7, 11) is -1.70. The second-order valence-corrected chi connectivity index (χ2v) is 7.08. The van der Waals surface area contributed by atoms with Crippen LogP contribution < -0.4 is 15.2 Å². The van der Waals surface area contributed by atoms with Crippen LogP contribution in [0.25, 0.3) is 0 Å². The molecule has 0 bridgehead atoms. The monoisotopic (exact) mass is 398 g/mol. The lowest BCUT2D eigenvalue weighted by atomic mass is 10.2. The van der Waals surface area contributed by atoms with Crippen molar-refractivity contribution >= 4 is 39.2 Å². The molecule has 0 radical (unpaired) electrons. The molecule has 138 valence electrons. The third kappa shape index (κ3) is 4.06. The van der Waals surface area contributed by atoms with Gasteiger partial charge in [-0.05, 0) is 36.4 Å². The highest BCUT2D eigenvalue weighted by atomic mass is 35.5. The summed E-state index contributed by atoms with van der Waals surface area (Å²) >= 11 is 5.97. The van der Waals surface area contributed by atoms with E-state index >= 15 is 0 Å². The van der Waals surface area contributed by atoms with Crippen LogP contribution in [0.4, 0.5) is 5.69 Å². The summed E-state index contributed by atoms with van der Waals surface area (Å²) in [6, 6.07) is 7.70. The Bertz CT molecular complexity index is 975. The number of ether oxygens (including phenoxy) is 2. The maximum atomic E-state index is 12.7. The standard InChI is InChI=1S/C16H15ClN2O6S/c1-24-13-6-4-9(15(18)20)7-12(13)19-26(22,23)14-8-10(16(21)25-2)3-5-11(14)17/h3-8,19H,1-2H3,(H2,18,20). The molecule has 0 saturated carbocycles. The van der Waals surface area contributed by atoms with Crippen molar-refractivity contribution in [2.75, 3.05) is 18.9 Å². The number of anilines is 1. The number of primary amides is 1. The molecule has 1 amide bonds. The first-order valence-electron chi connectivity index (χ1n) is 7.08. The van der Waals surface area contributed by atoms with Crippen LogP contribution in [0.1, 0.15) is 20.7 Å². The molecule has 0 atom stereocenters. The van der Waals surface area contributed by atoms with E-state index in [1.165, 1.54) is 44.6 Å². The number of carbonyl (C=O) groups is 2. The zero-order valence-electron chi connectivity index (χ0n) is 13.8. The topological polar surface area (TPSA) is 125 Å². The second kappa shape index (κ2) is 7.63. The Balaban J connectivity index is 2.51. The van der Waals surface area contributed by atoms with Crippen molar-refractivity contribution in [3.8, 4) is 5.75 Å². The summed E-state index contributed by atoms with van der Waals surface area (Å²) in [5.41, 5.74) is 5.29. The van der Waals surface area contributed by atoms with E-state index in [9.17, 15) is 18.0 Å². The van der Waals surface area contributed by atoms with Gasteiger partial charge in [0.1, 0.15) is 10.6 Å². The van der Waals surface area contributed by atoms with Gasteiger partial charge in [0.2, 0.25) is 5.91 Å². The molecule has 0 unspecified atom stereocenters. The fourth-order valence-corrected chi connectivity index (χ4v) is 3.68. The number of amides is 1. The van der Waals surface area contributed by atoms with Crippen LogP contribution in [-0.4, -0.2) is 34.5 Å². The lowest BCUT2D eigenvalue weighted by Gasteiger charge is -2.14. The summed E-state index contributed by atoms with van der Waals surface area (Å²) in [5.74, 6) is -1.29. The zero-order chi connectivity index (χ0) is 19.5. The van der Waals surface area contributed by atoms with Gasteiger partial charge in [-0.15, -0.1) is 0 Å². The number of nitrogens with one attached hydrogen (secondary N) is 1. The quantitative estimate of drug-likeness (QED) is 0.717. The molecule has 0 aliphatic carbocycles. The normalized spacial score (nSPS) is 10.9. The molecule has 0 aliphatic rings. The highest BCUT2D eigenvalue weighted by molar-refractivity contribution is 7.92. The van der Waals surface area contributed by atoms with E-state index in [1.807, 2.05) is 0 Å². The Kier molecular flexibility index (Phi) is 5.73. The van der Waals surface area contributed by atoms with Crippen LogP contribution in [0.2, 0.25) is 5.02 Å². The average molecular weight is 399 g/mol. The predicted molar refractivity (Wildman–Crippen MR) is 95.1 cm³/mol. The zero-order valence-corrected chi connectivity index (χ0v) is 15.3. The van der Waals surface area contributed by atoms with Crippen LogP contribution in [0.15, 0.2) is 41.3 Å². The minimum absolute atomic E-state index is 0.00938. The molecule has 0 saturated heterocycles. The van der Waals surface area contributed by atoms with Crippen molar-refractivity contribution in [1.29, 1.82) is 0 Å². The smallest absolute Gasteiger partial charge is 0.337 e. The van der Waals surface area contributed by atoms with Gasteiger partial charge < -0.3 is 15.2 Å². The maximum Gasteiger partial charge on any atom is 0.337 e. The van der Waals surface area contributed by atoms with Crippen LogP contribution in [0.3, 0.4) is 0 Å². The summed E-state index contributed by atoms with van der Waals surface area (Å²) in [5, 5.41) is -0.102. The van der Waals surface area contributed by atoms with Gasteiger partial charge in [-0.1, -0.05) is 11.6 Å². The number of hydrogen-bond donors (Lipinski definition) is 2. The third-order valence-corrected chi connectivity index (χ3v) is 5.22. The average Bonchev–Trinajstić information content (AvgIpc) is 2.60. The molecule has 2 aromatic carbocycles. The number of sulfonamides is 1. The highest BCUT2D eigenvalue weighted by Crippen LogP contribution is 2.30. The number of halogens is 1. The van der Waals surface area contributed by atoms with Gasteiger partial charge in [0.05, 0.1) is 30.5 Å². The van der Waals surface area contributed by atoms with Gasteiger partial charge >= 0.3 is 5.97 Å². The Labute approximate surface area is 154 Å².